The van der Waals surface area contributed by atoms with Gasteiger partial charge in [0.15, 0.2) is 0 Å². The number of aryl methyl sites for hydroxylation is 1. The highest BCUT2D eigenvalue weighted by Crippen LogP contribution is 2.13. The first-order valence-electron chi connectivity index (χ1n) is 6.10. The number of rotatable bonds is 2. The summed E-state index contributed by atoms with van der Waals surface area (Å²) in [4.78, 5) is 18.3. The Balaban J connectivity index is 1.99. The molecular formula is C13H19N3O. The SMILES string of the molecule is CNC1CCN(C(=O)c2ccc(C)nc2)CC1. The lowest BCUT2D eigenvalue weighted by Crippen LogP contribution is -2.43. The summed E-state index contributed by atoms with van der Waals surface area (Å²) in [7, 11) is 1.98. The fourth-order valence-electron chi connectivity index (χ4n) is 2.15. The number of nitrogens with one attached hydrogen (secondary N) is 1. The Hall–Kier alpha value is -1.42. The molecule has 2 rings (SSSR count). The van der Waals surface area contributed by atoms with E-state index in [1.165, 1.54) is 0 Å². The second-order valence-corrected chi connectivity index (χ2v) is 4.54. The third-order valence-corrected chi connectivity index (χ3v) is 3.35. The number of aromatic nitrogens is 1. The summed E-state index contributed by atoms with van der Waals surface area (Å²) < 4.78 is 0. The van der Waals surface area contributed by atoms with Crippen molar-refractivity contribution in [1.82, 2.24) is 15.2 Å². The first-order valence-corrected chi connectivity index (χ1v) is 6.10. The highest BCUT2D eigenvalue weighted by Gasteiger charge is 2.22. The van der Waals surface area contributed by atoms with Gasteiger partial charge < -0.3 is 10.2 Å². The number of hydrogen-bond acceptors (Lipinski definition) is 3. The van der Waals surface area contributed by atoms with Crippen LogP contribution in [-0.4, -0.2) is 42.0 Å². The van der Waals surface area contributed by atoms with Crippen LogP contribution in [0.2, 0.25) is 0 Å². The lowest BCUT2D eigenvalue weighted by atomic mass is 10.0. The molecule has 0 spiro atoms. The molecule has 0 saturated carbocycles. The van der Waals surface area contributed by atoms with E-state index in [2.05, 4.69) is 10.3 Å². The second kappa shape index (κ2) is 5.27. The standard InChI is InChI=1S/C13H19N3O/c1-10-3-4-11(9-15-10)13(17)16-7-5-12(14-2)6-8-16/h3-4,9,12,14H,5-8H2,1-2H3. The van der Waals surface area contributed by atoms with Crippen molar-refractivity contribution in [2.24, 2.45) is 0 Å². The minimum Gasteiger partial charge on any atom is -0.338 e. The summed E-state index contributed by atoms with van der Waals surface area (Å²) >= 11 is 0. The normalized spacial score (nSPS) is 17.2. The molecule has 1 amide bonds. The van der Waals surface area contributed by atoms with Crippen LogP contribution in [0.4, 0.5) is 0 Å². The monoisotopic (exact) mass is 233 g/mol. The van der Waals surface area contributed by atoms with E-state index in [-0.39, 0.29) is 5.91 Å². The molecule has 1 aromatic rings. The number of amides is 1. The van der Waals surface area contributed by atoms with Gasteiger partial charge in [0.05, 0.1) is 5.56 Å². The highest BCUT2D eigenvalue weighted by molar-refractivity contribution is 5.93. The van der Waals surface area contributed by atoms with Crippen LogP contribution in [-0.2, 0) is 0 Å². The molecule has 1 fully saturated rings. The Morgan fingerprint density at radius 2 is 2.12 bits per heavy atom. The molecule has 0 radical (unpaired) electrons. The van der Waals surface area contributed by atoms with E-state index in [0.717, 1.165) is 31.6 Å². The van der Waals surface area contributed by atoms with Crippen LogP contribution >= 0.6 is 0 Å². The maximum Gasteiger partial charge on any atom is 0.255 e. The largest absolute Gasteiger partial charge is 0.338 e. The van der Waals surface area contributed by atoms with Crippen molar-refractivity contribution in [2.75, 3.05) is 20.1 Å². The molecule has 1 N–H and O–H groups in total. The van der Waals surface area contributed by atoms with E-state index >= 15 is 0 Å². The first kappa shape index (κ1) is 12.0. The number of likely N-dealkylation sites (tertiary alicyclic amines) is 1. The highest BCUT2D eigenvalue weighted by atomic mass is 16.2. The Morgan fingerprint density at radius 1 is 1.41 bits per heavy atom. The second-order valence-electron chi connectivity index (χ2n) is 4.54. The summed E-state index contributed by atoms with van der Waals surface area (Å²) in [5.74, 6) is 0.104. The van der Waals surface area contributed by atoms with E-state index in [4.69, 9.17) is 0 Å². The third-order valence-electron chi connectivity index (χ3n) is 3.35. The zero-order valence-corrected chi connectivity index (χ0v) is 10.4. The zero-order chi connectivity index (χ0) is 12.3. The van der Waals surface area contributed by atoms with Gasteiger partial charge in [-0.15, -0.1) is 0 Å². The molecule has 1 aromatic heterocycles. The van der Waals surface area contributed by atoms with E-state index in [1.807, 2.05) is 31.0 Å². The van der Waals surface area contributed by atoms with Crippen molar-refractivity contribution < 1.29 is 4.79 Å². The van der Waals surface area contributed by atoms with E-state index < -0.39 is 0 Å². The van der Waals surface area contributed by atoms with Gasteiger partial charge >= 0.3 is 0 Å². The average molecular weight is 233 g/mol. The molecule has 1 aliphatic rings. The van der Waals surface area contributed by atoms with Gasteiger partial charge in [0, 0.05) is 31.0 Å². The van der Waals surface area contributed by atoms with Gasteiger partial charge in [-0.25, -0.2) is 0 Å². The molecule has 1 saturated heterocycles. The van der Waals surface area contributed by atoms with Crippen LogP contribution in [0, 0.1) is 6.92 Å². The Morgan fingerprint density at radius 3 is 2.65 bits per heavy atom. The molecule has 0 aromatic carbocycles. The Kier molecular flexibility index (Phi) is 3.74. The minimum atomic E-state index is 0.104. The molecule has 4 nitrogen and oxygen atoms in total. The maximum atomic E-state index is 12.2. The van der Waals surface area contributed by atoms with Crippen molar-refractivity contribution in [3.05, 3.63) is 29.6 Å². The maximum absolute atomic E-state index is 12.2. The smallest absolute Gasteiger partial charge is 0.255 e. The molecule has 17 heavy (non-hydrogen) atoms. The van der Waals surface area contributed by atoms with Gasteiger partial charge in [0.25, 0.3) is 5.91 Å². The Bertz CT molecular complexity index is 380. The number of carbonyl (C=O) groups excluding carboxylic acids is 1. The number of nitrogens with zero attached hydrogens (tertiary/aromatic N) is 2. The van der Waals surface area contributed by atoms with E-state index in [9.17, 15) is 4.79 Å². The van der Waals surface area contributed by atoms with Crippen molar-refractivity contribution in [1.29, 1.82) is 0 Å². The van der Waals surface area contributed by atoms with Gasteiger partial charge in [-0.2, -0.15) is 0 Å². The number of carbonyl (C=O) groups is 1. The summed E-state index contributed by atoms with van der Waals surface area (Å²) in [5, 5.41) is 3.26. The predicted octanol–water partition coefficient (Wildman–Crippen LogP) is 1.21. The van der Waals surface area contributed by atoms with Crippen LogP contribution in [0.15, 0.2) is 18.3 Å². The molecule has 2 heterocycles. The van der Waals surface area contributed by atoms with Gasteiger partial charge in [0.1, 0.15) is 0 Å². The van der Waals surface area contributed by atoms with Crippen molar-refractivity contribution in [3.63, 3.8) is 0 Å². The Labute approximate surface area is 102 Å². The molecule has 0 bridgehead atoms. The van der Waals surface area contributed by atoms with Gasteiger partial charge in [-0.1, -0.05) is 0 Å². The van der Waals surface area contributed by atoms with Crippen LogP contribution in [0.3, 0.4) is 0 Å². The number of hydrogen-bond donors (Lipinski definition) is 1. The molecule has 4 heteroatoms. The lowest BCUT2D eigenvalue weighted by Gasteiger charge is -2.31. The minimum absolute atomic E-state index is 0.104. The average Bonchev–Trinajstić information content (AvgIpc) is 2.39. The van der Waals surface area contributed by atoms with E-state index in [1.54, 1.807) is 6.20 Å². The van der Waals surface area contributed by atoms with Crippen molar-refractivity contribution >= 4 is 5.91 Å². The van der Waals surface area contributed by atoms with Crippen LogP contribution in [0.25, 0.3) is 0 Å². The van der Waals surface area contributed by atoms with Gasteiger partial charge in [-0.3, -0.25) is 9.78 Å². The summed E-state index contributed by atoms with van der Waals surface area (Å²) in [6, 6.07) is 4.29. The molecular weight excluding hydrogens is 214 g/mol. The van der Waals surface area contributed by atoms with Crippen molar-refractivity contribution in [3.8, 4) is 0 Å². The number of pyridine rings is 1. The van der Waals surface area contributed by atoms with Crippen LogP contribution in [0.5, 0.6) is 0 Å². The zero-order valence-electron chi connectivity index (χ0n) is 10.4. The fourth-order valence-corrected chi connectivity index (χ4v) is 2.15. The molecule has 0 atom stereocenters. The molecule has 1 aliphatic heterocycles. The van der Waals surface area contributed by atoms with Gasteiger partial charge in [-0.05, 0) is 38.9 Å². The lowest BCUT2D eigenvalue weighted by molar-refractivity contribution is 0.0707. The summed E-state index contributed by atoms with van der Waals surface area (Å²) in [5.41, 5.74) is 1.63. The molecule has 0 aliphatic carbocycles. The topological polar surface area (TPSA) is 45.2 Å². The fraction of sp³-hybridized carbons (Fsp3) is 0.538. The van der Waals surface area contributed by atoms with Gasteiger partial charge in [0.2, 0.25) is 0 Å². The quantitative estimate of drug-likeness (QED) is 0.835. The summed E-state index contributed by atoms with van der Waals surface area (Å²) in [6.45, 7) is 3.59. The van der Waals surface area contributed by atoms with Crippen LogP contribution < -0.4 is 5.32 Å². The molecule has 92 valence electrons. The van der Waals surface area contributed by atoms with Crippen molar-refractivity contribution in [2.45, 2.75) is 25.8 Å². The molecule has 0 unspecified atom stereocenters. The van der Waals surface area contributed by atoms with Crippen LogP contribution in [0.1, 0.15) is 28.9 Å². The third kappa shape index (κ3) is 2.82. The summed E-state index contributed by atoms with van der Waals surface area (Å²) in [6.07, 6.45) is 3.73. The predicted molar refractivity (Wildman–Crippen MR) is 67.0 cm³/mol. The first-order chi connectivity index (χ1) is 8.20. The van der Waals surface area contributed by atoms with E-state index in [0.29, 0.717) is 11.6 Å². The number of piperidine rings is 1.